The minimum Gasteiger partial charge on any atom is -0.350 e. The number of anilines is 1. The number of piperidine rings is 1. The van der Waals surface area contributed by atoms with Crippen LogP contribution in [0.4, 0.5) is 5.69 Å². The lowest BCUT2D eigenvalue weighted by Crippen LogP contribution is -2.47. The first-order chi connectivity index (χ1) is 11.8. The molecule has 5 heteroatoms. The Morgan fingerprint density at radius 2 is 1.96 bits per heavy atom. The highest BCUT2D eigenvalue weighted by Crippen LogP contribution is 2.25. The van der Waals surface area contributed by atoms with Crippen LogP contribution in [0, 0.1) is 11.3 Å². The topological polar surface area (TPSA) is 54.3 Å². The summed E-state index contributed by atoms with van der Waals surface area (Å²) in [5.41, 5.74) is 1.49. The van der Waals surface area contributed by atoms with E-state index >= 15 is 0 Å². The normalized spacial score (nSPS) is 18.4. The van der Waals surface area contributed by atoms with Gasteiger partial charge in [-0.2, -0.15) is 0 Å². The lowest BCUT2D eigenvalue weighted by molar-refractivity contribution is -0.142. The summed E-state index contributed by atoms with van der Waals surface area (Å²) in [4.78, 5) is 27.0. The van der Waals surface area contributed by atoms with Crippen LogP contribution in [0.1, 0.15) is 33.6 Å². The molecule has 1 saturated heterocycles. The van der Waals surface area contributed by atoms with Crippen molar-refractivity contribution in [3.8, 4) is 0 Å². The van der Waals surface area contributed by atoms with Crippen LogP contribution in [-0.4, -0.2) is 34.4 Å². The molecule has 2 aromatic rings. The summed E-state index contributed by atoms with van der Waals surface area (Å²) in [6, 6.07) is 7.99. The number of carbonyl (C=O) groups is 2. The fraction of sp³-hybridized carbons (Fsp3) is 0.500. The molecule has 1 aromatic carbocycles. The van der Waals surface area contributed by atoms with Crippen molar-refractivity contribution in [1.82, 2.24) is 9.47 Å². The van der Waals surface area contributed by atoms with Crippen molar-refractivity contribution in [3.05, 3.63) is 30.5 Å². The van der Waals surface area contributed by atoms with Crippen molar-refractivity contribution in [2.24, 2.45) is 18.4 Å². The van der Waals surface area contributed by atoms with E-state index in [0.29, 0.717) is 6.54 Å². The Labute approximate surface area is 149 Å². The number of nitrogens with one attached hydrogen (secondary N) is 1. The van der Waals surface area contributed by atoms with Crippen molar-refractivity contribution in [1.29, 1.82) is 0 Å². The molecule has 1 atom stereocenters. The molecule has 134 valence electrons. The van der Waals surface area contributed by atoms with Gasteiger partial charge < -0.3 is 14.8 Å². The Kier molecular flexibility index (Phi) is 4.58. The standard InChI is InChI=1S/C20H27N3O2/c1-20(2,3)19(25)23-10-5-6-15(13-23)18(24)21-16-8-7-14-9-11-22(4)17(14)12-16/h7-9,11-12,15H,5-6,10,13H2,1-4H3,(H,21,24). The highest BCUT2D eigenvalue weighted by atomic mass is 16.2. The number of benzene rings is 1. The molecule has 1 aliphatic heterocycles. The molecule has 0 spiro atoms. The Morgan fingerprint density at radius 3 is 2.68 bits per heavy atom. The first kappa shape index (κ1) is 17.5. The maximum absolute atomic E-state index is 12.7. The fourth-order valence-electron chi connectivity index (χ4n) is 3.43. The second kappa shape index (κ2) is 6.54. The monoisotopic (exact) mass is 341 g/mol. The van der Waals surface area contributed by atoms with Crippen LogP contribution >= 0.6 is 0 Å². The van der Waals surface area contributed by atoms with Crippen molar-refractivity contribution in [2.45, 2.75) is 33.6 Å². The van der Waals surface area contributed by atoms with Crippen molar-refractivity contribution in [3.63, 3.8) is 0 Å². The van der Waals surface area contributed by atoms with Crippen molar-refractivity contribution in [2.75, 3.05) is 18.4 Å². The number of likely N-dealkylation sites (tertiary alicyclic amines) is 1. The number of aromatic nitrogens is 1. The minimum atomic E-state index is -0.407. The quantitative estimate of drug-likeness (QED) is 0.910. The van der Waals surface area contributed by atoms with E-state index in [2.05, 4.69) is 11.4 Å². The summed E-state index contributed by atoms with van der Waals surface area (Å²) in [5.74, 6) is -0.0284. The van der Waals surface area contributed by atoms with Gasteiger partial charge in [0.2, 0.25) is 11.8 Å². The molecule has 2 amide bonds. The molecular weight excluding hydrogens is 314 g/mol. The molecule has 5 nitrogen and oxygen atoms in total. The lowest BCUT2D eigenvalue weighted by atomic mass is 9.91. The highest BCUT2D eigenvalue weighted by Gasteiger charge is 2.33. The summed E-state index contributed by atoms with van der Waals surface area (Å²) in [5, 5.41) is 4.18. The van der Waals surface area contributed by atoms with E-state index in [0.717, 1.165) is 36.0 Å². The van der Waals surface area contributed by atoms with Crippen LogP contribution in [0.25, 0.3) is 10.9 Å². The van der Waals surface area contributed by atoms with Gasteiger partial charge in [0.15, 0.2) is 0 Å². The second-order valence-corrected chi connectivity index (χ2v) is 8.03. The van der Waals surface area contributed by atoms with Gasteiger partial charge in [-0.3, -0.25) is 9.59 Å². The molecule has 1 fully saturated rings. The Bertz CT molecular complexity index is 801. The number of rotatable bonds is 2. The van der Waals surface area contributed by atoms with Crippen LogP contribution in [-0.2, 0) is 16.6 Å². The predicted octanol–water partition coefficient (Wildman–Crippen LogP) is 3.40. The van der Waals surface area contributed by atoms with Gasteiger partial charge in [0.05, 0.1) is 5.92 Å². The molecule has 1 unspecified atom stereocenters. The van der Waals surface area contributed by atoms with E-state index in [-0.39, 0.29) is 17.7 Å². The molecule has 25 heavy (non-hydrogen) atoms. The Hall–Kier alpha value is -2.30. The van der Waals surface area contributed by atoms with Gasteiger partial charge in [0.25, 0.3) is 0 Å². The van der Waals surface area contributed by atoms with E-state index in [1.807, 2.05) is 61.7 Å². The lowest BCUT2D eigenvalue weighted by Gasteiger charge is -2.35. The van der Waals surface area contributed by atoms with Gasteiger partial charge >= 0.3 is 0 Å². The zero-order chi connectivity index (χ0) is 18.2. The smallest absolute Gasteiger partial charge is 0.229 e. The first-order valence-electron chi connectivity index (χ1n) is 8.91. The van der Waals surface area contributed by atoms with Gasteiger partial charge in [-0.15, -0.1) is 0 Å². The number of hydrogen-bond donors (Lipinski definition) is 1. The summed E-state index contributed by atoms with van der Waals surface area (Å²) < 4.78 is 2.04. The molecule has 1 N–H and O–H groups in total. The molecule has 0 saturated carbocycles. The van der Waals surface area contributed by atoms with Crippen LogP contribution in [0.15, 0.2) is 30.5 Å². The molecular formula is C20H27N3O2. The number of aryl methyl sites for hydroxylation is 1. The van der Waals surface area contributed by atoms with Gasteiger partial charge in [-0.1, -0.05) is 26.8 Å². The summed E-state index contributed by atoms with van der Waals surface area (Å²) in [7, 11) is 1.99. The molecule has 0 bridgehead atoms. The third-order valence-corrected chi connectivity index (χ3v) is 4.88. The average Bonchev–Trinajstić information content (AvgIpc) is 2.94. The van der Waals surface area contributed by atoms with Crippen LogP contribution in [0.2, 0.25) is 0 Å². The predicted molar refractivity (Wildman–Crippen MR) is 100 cm³/mol. The molecule has 3 rings (SSSR count). The SMILES string of the molecule is Cn1ccc2ccc(NC(=O)C3CCCN(C(=O)C(C)(C)C)C3)cc21. The Morgan fingerprint density at radius 1 is 1.20 bits per heavy atom. The summed E-state index contributed by atoms with van der Waals surface area (Å²) in [6.07, 6.45) is 3.70. The number of fused-ring (bicyclic) bond motifs is 1. The fourth-order valence-corrected chi connectivity index (χ4v) is 3.43. The van der Waals surface area contributed by atoms with E-state index in [1.54, 1.807) is 0 Å². The Balaban J connectivity index is 1.69. The van der Waals surface area contributed by atoms with Crippen LogP contribution < -0.4 is 5.32 Å². The first-order valence-corrected chi connectivity index (χ1v) is 8.91. The number of amides is 2. The van der Waals surface area contributed by atoms with Crippen molar-refractivity contribution < 1.29 is 9.59 Å². The molecule has 2 heterocycles. The van der Waals surface area contributed by atoms with Crippen LogP contribution in [0.5, 0.6) is 0 Å². The van der Waals surface area contributed by atoms with E-state index in [9.17, 15) is 9.59 Å². The third kappa shape index (κ3) is 3.70. The zero-order valence-electron chi connectivity index (χ0n) is 15.5. The highest BCUT2D eigenvalue weighted by molar-refractivity contribution is 5.95. The summed E-state index contributed by atoms with van der Waals surface area (Å²) >= 11 is 0. The molecule has 1 aliphatic rings. The second-order valence-electron chi connectivity index (χ2n) is 8.03. The maximum Gasteiger partial charge on any atom is 0.229 e. The van der Waals surface area contributed by atoms with Gasteiger partial charge in [0, 0.05) is 43.0 Å². The van der Waals surface area contributed by atoms with Crippen LogP contribution in [0.3, 0.4) is 0 Å². The maximum atomic E-state index is 12.7. The van der Waals surface area contributed by atoms with Crippen molar-refractivity contribution >= 4 is 28.4 Å². The zero-order valence-corrected chi connectivity index (χ0v) is 15.5. The number of nitrogens with zero attached hydrogens (tertiary/aromatic N) is 2. The van der Waals surface area contributed by atoms with Gasteiger partial charge in [-0.05, 0) is 36.4 Å². The largest absolute Gasteiger partial charge is 0.350 e. The number of hydrogen-bond acceptors (Lipinski definition) is 2. The summed E-state index contributed by atoms with van der Waals surface area (Å²) in [6.45, 7) is 7.03. The van der Waals surface area contributed by atoms with E-state index in [1.165, 1.54) is 0 Å². The molecule has 0 radical (unpaired) electrons. The third-order valence-electron chi connectivity index (χ3n) is 4.88. The van der Waals surface area contributed by atoms with Gasteiger partial charge in [-0.25, -0.2) is 0 Å². The van der Waals surface area contributed by atoms with Gasteiger partial charge in [0.1, 0.15) is 0 Å². The van der Waals surface area contributed by atoms with E-state index in [4.69, 9.17) is 0 Å². The average molecular weight is 341 g/mol. The minimum absolute atomic E-state index is 0.0000293. The van der Waals surface area contributed by atoms with E-state index < -0.39 is 5.41 Å². The molecule has 1 aromatic heterocycles. The molecule has 0 aliphatic carbocycles. The number of carbonyl (C=O) groups excluding carboxylic acids is 2.